The number of carbonyl (C=O) groups excluding carboxylic acids is 1. The first-order chi connectivity index (χ1) is 11.3. The van der Waals surface area contributed by atoms with Crippen LogP contribution in [-0.4, -0.2) is 34.9 Å². The molecule has 0 fully saturated rings. The standard InChI is InChI=1S/C17H22F2O6/c1-10(2)13(17(18,19)14(20)21)23-11-6-8-12(9-7-11)24-15(22)25-16(3,4)5/h6-10,13H,1-5H3,(H,20,21). The summed E-state index contributed by atoms with van der Waals surface area (Å²) in [7, 11) is 0. The third-order valence-corrected chi connectivity index (χ3v) is 2.93. The number of hydrogen-bond acceptors (Lipinski definition) is 5. The summed E-state index contributed by atoms with van der Waals surface area (Å²) in [6, 6.07) is 5.26. The van der Waals surface area contributed by atoms with Crippen LogP contribution in [0.1, 0.15) is 34.6 Å². The Morgan fingerprint density at radius 3 is 1.92 bits per heavy atom. The maximum atomic E-state index is 13.7. The predicted molar refractivity (Wildman–Crippen MR) is 85.1 cm³/mol. The fraction of sp³-hybridized carbons (Fsp3) is 0.529. The average Bonchev–Trinajstić information content (AvgIpc) is 2.43. The van der Waals surface area contributed by atoms with Crippen LogP contribution < -0.4 is 9.47 Å². The summed E-state index contributed by atoms with van der Waals surface area (Å²) in [5.74, 6) is -6.89. The topological polar surface area (TPSA) is 82.1 Å². The van der Waals surface area contributed by atoms with Gasteiger partial charge in [-0.05, 0) is 51.0 Å². The Hall–Kier alpha value is -2.38. The van der Waals surface area contributed by atoms with Crippen LogP contribution >= 0.6 is 0 Å². The van der Waals surface area contributed by atoms with E-state index in [0.29, 0.717) is 0 Å². The molecule has 0 bridgehead atoms. The minimum atomic E-state index is -4.04. The number of carboxylic acid groups (broad SMARTS) is 1. The minimum absolute atomic E-state index is 0.0242. The number of alkyl halides is 2. The largest absolute Gasteiger partial charge is 0.514 e. The Kier molecular flexibility index (Phi) is 6.34. The SMILES string of the molecule is CC(C)C(Oc1ccc(OC(=O)OC(C)(C)C)cc1)C(F)(F)C(=O)O. The summed E-state index contributed by atoms with van der Waals surface area (Å²) >= 11 is 0. The number of benzene rings is 1. The van der Waals surface area contributed by atoms with Crippen molar-refractivity contribution in [2.24, 2.45) is 5.92 Å². The van der Waals surface area contributed by atoms with Crippen LogP contribution in [0, 0.1) is 5.92 Å². The molecule has 0 amide bonds. The molecule has 0 spiro atoms. The molecule has 1 unspecified atom stereocenters. The van der Waals surface area contributed by atoms with Crippen molar-refractivity contribution >= 4 is 12.1 Å². The number of carbonyl (C=O) groups is 2. The van der Waals surface area contributed by atoms with Crippen LogP contribution in [0.15, 0.2) is 24.3 Å². The van der Waals surface area contributed by atoms with Crippen LogP contribution in [0.3, 0.4) is 0 Å². The molecule has 0 aliphatic carbocycles. The molecule has 0 saturated carbocycles. The van der Waals surface area contributed by atoms with Crippen LogP contribution in [0.4, 0.5) is 13.6 Å². The zero-order valence-electron chi connectivity index (χ0n) is 14.7. The van der Waals surface area contributed by atoms with Crippen molar-refractivity contribution in [2.75, 3.05) is 0 Å². The molecule has 1 aromatic rings. The number of aliphatic carboxylic acids is 1. The molecule has 1 atom stereocenters. The summed E-state index contributed by atoms with van der Waals surface area (Å²) in [6.45, 7) is 7.91. The summed E-state index contributed by atoms with van der Waals surface area (Å²) in [5, 5.41) is 8.67. The van der Waals surface area contributed by atoms with E-state index in [-0.39, 0.29) is 11.5 Å². The van der Waals surface area contributed by atoms with E-state index in [1.165, 1.54) is 38.1 Å². The van der Waals surface area contributed by atoms with Crippen molar-refractivity contribution in [3.05, 3.63) is 24.3 Å². The molecule has 1 N–H and O–H groups in total. The zero-order valence-corrected chi connectivity index (χ0v) is 14.7. The Labute approximate surface area is 144 Å². The van der Waals surface area contributed by atoms with Crippen LogP contribution in [0.2, 0.25) is 0 Å². The van der Waals surface area contributed by atoms with Gasteiger partial charge in [-0.25, -0.2) is 9.59 Å². The van der Waals surface area contributed by atoms with Gasteiger partial charge >= 0.3 is 18.0 Å². The van der Waals surface area contributed by atoms with E-state index in [1.807, 2.05) is 0 Å². The maximum absolute atomic E-state index is 13.7. The third kappa shape index (κ3) is 6.21. The molecule has 6 nitrogen and oxygen atoms in total. The van der Waals surface area contributed by atoms with Crippen molar-refractivity contribution in [3.8, 4) is 11.5 Å². The molecular weight excluding hydrogens is 338 g/mol. The second kappa shape index (κ2) is 7.67. The molecule has 0 heterocycles. The summed E-state index contributed by atoms with van der Waals surface area (Å²) in [4.78, 5) is 22.3. The summed E-state index contributed by atoms with van der Waals surface area (Å²) in [5.41, 5.74) is -0.715. The monoisotopic (exact) mass is 360 g/mol. The molecule has 8 heteroatoms. The first kappa shape index (κ1) is 20.7. The molecular formula is C17H22F2O6. The lowest BCUT2D eigenvalue weighted by molar-refractivity contribution is -0.183. The van der Waals surface area contributed by atoms with Gasteiger partial charge in [0.1, 0.15) is 17.1 Å². The fourth-order valence-corrected chi connectivity index (χ4v) is 1.85. The van der Waals surface area contributed by atoms with Gasteiger partial charge in [0.05, 0.1) is 0 Å². The number of ether oxygens (including phenoxy) is 3. The quantitative estimate of drug-likeness (QED) is 0.607. The minimum Gasteiger partial charge on any atom is -0.483 e. The van der Waals surface area contributed by atoms with Crippen molar-refractivity contribution in [1.82, 2.24) is 0 Å². The number of halogens is 2. The molecule has 25 heavy (non-hydrogen) atoms. The fourth-order valence-electron chi connectivity index (χ4n) is 1.85. The Bertz CT molecular complexity index is 605. The zero-order chi connectivity index (χ0) is 19.4. The van der Waals surface area contributed by atoms with Gasteiger partial charge in [-0.1, -0.05) is 13.8 Å². The molecule has 0 aliphatic rings. The highest BCUT2D eigenvalue weighted by Crippen LogP contribution is 2.30. The van der Waals surface area contributed by atoms with Gasteiger partial charge in [-0.15, -0.1) is 0 Å². The van der Waals surface area contributed by atoms with Crippen molar-refractivity contribution in [1.29, 1.82) is 0 Å². The van der Waals surface area contributed by atoms with Crippen molar-refractivity contribution < 1.29 is 37.7 Å². The van der Waals surface area contributed by atoms with Gasteiger partial charge in [-0.2, -0.15) is 8.78 Å². The van der Waals surface area contributed by atoms with E-state index in [9.17, 15) is 18.4 Å². The maximum Gasteiger partial charge on any atom is 0.514 e. The van der Waals surface area contributed by atoms with Gasteiger partial charge in [0.15, 0.2) is 6.10 Å². The Morgan fingerprint density at radius 1 is 1.04 bits per heavy atom. The van der Waals surface area contributed by atoms with Gasteiger partial charge in [0.25, 0.3) is 0 Å². The van der Waals surface area contributed by atoms with E-state index in [4.69, 9.17) is 19.3 Å². The van der Waals surface area contributed by atoms with Gasteiger partial charge < -0.3 is 19.3 Å². The number of hydrogen-bond donors (Lipinski definition) is 1. The Morgan fingerprint density at radius 2 is 1.52 bits per heavy atom. The molecule has 0 aromatic heterocycles. The second-order valence-electron chi connectivity index (χ2n) is 6.75. The smallest absolute Gasteiger partial charge is 0.483 e. The van der Waals surface area contributed by atoms with E-state index >= 15 is 0 Å². The van der Waals surface area contributed by atoms with E-state index < -0.39 is 35.7 Å². The summed E-state index contributed by atoms with van der Waals surface area (Å²) in [6.07, 6.45) is -2.75. The van der Waals surface area contributed by atoms with Gasteiger partial charge in [-0.3, -0.25) is 0 Å². The number of rotatable bonds is 6. The first-order valence-electron chi connectivity index (χ1n) is 7.61. The van der Waals surface area contributed by atoms with Crippen LogP contribution in [-0.2, 0) is 9.53 Å². The highest BCUT2D eigenvalue weighted by atomic mass is 19.3. The third-order valence-electron chi connectivity index (χ3n) is 2.93. The molecule has 0 radical (unpaired) electrons. The lowest BCUT2D eigenvalue weighted by Gasteiger charge is -2.27. The predicted octanol–water partition coefficient (Wildman–Crippen LogP) is 4.12. The molecule has 1 aromatic carbocycles. The average molecular weight is 360 g/mol. The molecule has 140 valence electrons. The van der Waals surface area contributed by atoms with Gasteiger partial charge in [0, 0.05) is 0 Å². The van der Waals surface area contributed by atoms with E-state index in [2.05, 4.69) is 0 Å². The highest BCUT2D eigenvalue weighted by molar-refractivity contribution is 5.76. The lowest BCUT2D eigenvalue weighted by Crippen LogP contribution is -2.48. The number of carboxylic acids is 1. The Balaban J connectivity index is 2.82. The lowest BCUT2D eigenvalue weighted by atomic mass is 10.0. The van der Waals surface area contributed by atoms with Crippen molar-refractivity contribution in [2.45, 2.75) is 52.2 Å². The molecule has 0 aliphatic heterocycles. The van der Waals surface area contributed by atoms with Crippen molar-refractivity contribution in [3.63, 3.8) is 0 Å². The van der Waals surface area contributed by atoms with Crippen LogP contribution in [0.5, 0.6) is 11.5 Å². The van der Waals surface area contributed by atoms with E-state index in [1.54, 1.807) is 20.8 Å². The molecule has 0 saturated heterocycles. The highest BCUT2D eigenvalue weighted by Gasteiger charge is 2.51. The van der Waals surface area contributed by atoms with E-state index in [0.717, 1.165) is 0 Å². The van der Waals surface area contributed by atoms with Gasteiger partial charge in [0.2, 0.25) is 0 Å². The van der Waals surface area contributed by atoms with Crippen LogP contribution in [0.25, 0.3) is 0 Å². The first-order valence-corrected chi connectivity index (χ1v) is 7.61. The normalized spacial score (nSPS) is 13.3. The second-order valence-corrected chi connectivity index (χ2v) is 6.75. The summed E-state index contributed by atoms with van der Waals surface area (Å²) < 4.78 is 42.6. The molecule has 1 rings (SSSR count).